The van der Waals surface area contributed by atoms with Crippen molar-refractivity contribution in [2.24, 2.45) is 16.8 Å². The van der Waals surface area contributed by atoms with Crippen LogP contribution in [0, 0.1) is 13.8 Å². The molecule has 0 bridgehead atoms. The largest absolute Gasteiger partial charge is 0.491 e. The fraction of sp³-hybridized carbons (Fsp3) is 0.297. The molecule has 6 aromatic rings. The Balaban J connectivity index is 1.32. The third-order valence-electron chi connectivity index (χ3n) is 9.18. The van der Waals surface area contributed by atoms with Crippen LogP contribution in [0.4, 0.5) is 11.9 Å². The van der Waals surface area contributed by atoms with Gasteiger partial charge in [-0.25, -0.2) is 15.8 Å². The Morgan fingerprint density at radius 3 is 1.80 bits per heavy atom. The fourth-order valence-corrected chi connectivity index (χ4v) is 6.70. The molecule has 0 saturated heterocycles. The molecule has 0 unspecified atom stereocenters. The standard InChI is InChI=1S/C37H42N14O5/c1-5-50-27(14-21(3)46-50)34(53)42-36-40-25-16-23(20-52)17-29-31(25)48(36)10-7-8-11-49-32-26(41-37(49)43-35(54)28-15-22(4)47-51(28)6-2)18-24(33(44-38)45-39)19-30(32)56-13-9-12-55-29/h7-8,14-20H,5-6,9-13,38-39H2,1-4H3,(H,44,45)(H,40,42,53)(H,41,43,54)/b8-7+. The van der Waals surface area contributed by atoms with Crippen molar-refractivity contribution in [1.29, 1.82) is 0 Å². The van der Waals surface area contributed by atoms with E-state index in [0.29, 0.717) is 87.0 Å². The van der Waals surface area contributed by atoms with E-state index in [4.69, 9.17) is 31.1 Å². The number of imidazole rings is 2. The molecule has 4 aromatic heterocycles. The summed E-state index contributed by atoms with van der Waals surface area (Å²) in [5.74, 6) is 12.1. The molecule has 0 aliphatic carbocycles. The summed E-state index contributed by atoms with van der Waals surface area (Å²) in [5.41, 5.74) is 7.68. The van der Waals surface area contributed by atoms with Crippen molar-refractivity contribution in [1.82, 2.24) is 44.1 Å². The predicted octanol–water partition coefficient (Wildman–Crippen LogP) is 3.25. The van der Waals surface area contributed by atoms with E-state index in [1.54, 1.807) is 45.8 Å². The van der Waals surface area contributed by atoms with E-state index in [-0.39, 0.29) is 44.0 Å². The second kappa shape index (κ2) is 15.8. The number of hydrogen-bond acceptors (Lipinski definition) is 12. The zero-order chi connectivity index (χ0) is 39.5. The first-order valence-corrected chi connectivity index (χ1v) is 18.1. The number of allylic oxidation sites excluding steroid dienone is 2. The summed E-state index contributed by atoms with van der Waals surface area (Å²) in [4.78, 5) is 48.9. The smallest absolute Gasteiger partial charge is 0.276 e. The minimum absolute atomic E-state index is 0.195. The number of hydrogen-bond donors (Lipinski definition) is 5. The van der Waals surface area contributed by atoms with Crippen LogP contribution < -0.4 is 37.2 Å². The number of hydrazone groups is 1. The molecule has 2 aromatic carbocycles. The van der Waals surface area contributed by atoms with Crippen molar-refractivity contribution in [2.75, 3.05) is 23.8 Å². The predicted molar refractivity (Wildman–Crippen MR) is 209 cm³/mol. The first kappa shape index (κ1) is 37.3. The highest BCUT2D eigenvalue weighted by Crippen LogP contribution is 2.33. The van der Waals surface area contributed by atoms with Crippen LogP contribution in [0.3, 0.4) is 0 Å². The number of aromatic nitrogens is 8. The Morgan fingerprint density at radius 2 is 1.32 bits per heavy atom. The maximum Gasteiger partial charge on any atom is 0.276 e. The van der Waals surface area contributed by atoms with Gasteiger partial charge in [-0.2, -0.15) is 15.3 Å². The minimum Gasteiger partial charge on any atom is -0.491 e. The highest BCUT2D eigenvalue weighted by atomic mass is 16.5. The van der Waals surface area contributed by atoms with Crippen LogP contribution in [0.2, 0.25) is 0 Å². The highest BCUT2D eigenvalue weighted by Gasteiger charge is 2.24. The number of aldehydes is 1. The van der Waals surface area contributed by atoms with Gasteiger partial charge in [0.2, 0.25) is 11.9 Å². The third-order valence-corrected chi connectivity index (χ3v) is 9.18. The average Bonchev–Trinajstić information content (AvgIpc) is 3.95. The summed E-state index contributed by atoms with van der Waals surface area (Å²) in [6.07, 6.45) is 4.95. The van der Waals surface area contributed by atoms with E-state index in [0.717, 1.165) is 6.29 Å². The Labute approximate surface area is 320 Å². The number of hydrazine groups is 1. The lowest BCUT2D eigenvalue weighted by Gasteiger charge is -2.14. The van der Waals surface area contributed by atoms with Crippen LogP contribution in [0.15, 0.2) is 53.7 Å². The number of nitrogens with two attached hydrogens (primary N) is 2. The van der Waals surface area contributed by atoms with Crippen LogP contribution in [0.25, 0.3) is 22.1 Å². The summed E-state index contributed by atoms with van der Waals surface area (Å²) in [6, 6.07) is 10.2. The molecule has 0 atom stereocenters. The van der Waals surface area contributed by atoms with Crippen molar-refractivity contribution >= 4 is 57.9 Å². The van der Waals surface area contributed by atoms with Gasteiger partial charge < -0.3 is 29.9 Å². The topological polar surface area (TPSA) is 241 Å². The molecule has 19 heteroatoms. The third kappa shape index (κ3) is 7.14. The van der Waals surface area contributed by atoms with Gasteiger partial charge in [0, 0.05) is 43.7 Å². The minimum atomic E-state index is -0.390. The molecule has 0 fully saturated rings. The molecule has 7 rings (SSSR count). The normalized spacial score (nSPS) is 14.1. The van der Waals surface area contributed by atoms with E-state index < -0.39 is 11.8 Å². The zero-order valence-electron chi connectivity index (χ0n) is 31.4. The first-order valence-electron chi connectivity index (χ1n) is 18.1. The van der Waals surface area contributed by atoms with Crippen LogP contribution in [-0.2, 0) is 26.2 Å². The van der Waals surface area contributed by atoms with Gasteiger partial charge in [0.15, 0.2) is 5.84 Å². The van der Waals surface area contributed by atoms with Gasteiger partial charge in [-0.1, -0.05) is 12.2 Å². The Morgan fingerprint density at radius 1 is 0.804 bits per heavy atom. The molecule has 1 aliphatic heterocycles. The van der Waals surface area contributed by atoms with Crippen LogP contribution in [0.5, 0.6) is 11.5 Å². The molecule has 5 heterocycles. The van der Waals surface area contributed by atoms with E-state index >= 15 is 0 Å². The number of amides is 2. The lowest BCUT2D eigenvalue weighted by Crippen LogP contribution is -2.32. The molecule has 56 heavy (non-hydrogen) atoms. The van der Waals surface area contributed by atoms with Crippen molar-refractivity contribution in [3.63, 3.8) is 0 Å². The Bertz CT molecular complexity index is 2540. The lowest BCUT2D eigenvalue weighted by atomic mass is 10.1. The van der Waals surface area contributed by atoms with Gasteiger partial charge in [0.25, 0.3) is 11.8 Å². The van der Waals surface area contributed by atoms with E-state index in [2.05, 4.69) is 31.4 Å². The number of benzene rings is 2. The number of rotatable bonds is 8. The molecule has 0 spiro atoms. The van der Waals surface area contributed by atoms with Gasteiger partial charge in [-0.3, -0.25) is 34.4 Å². The SMILES string of the molecule is CCn1nc(C)cc1C(=O)Nc1nc2cc(C=O)cc3c2n1C/C=C/Cn1c(NC(=O)c2cc(C)nn2CC)nc2cc(/C(=N/N)NN)cc(c21)OCCCO3. The van der Waals surface area contributed by atoms with Crippen molar-refractivity contribution in [3.8, 4) is 11.5 Å². The number of anilines is 2. The lowest BCUT2D eigenvalue weighted by molar-refractivity contribution is 0.100. The molecule has 0 saturated carbocycles. The van der Waals surface area contributed by atoms with Gasteiger partial charge in [-0.05, 0) is 64.1 Å². The second-order valence-corrected chi connectivity index (χ2v) is 13.0. The van der Waals surface area contributed by atoms with Gasteiger partial charge in [-0.15, -0.1) is 0 Å². The van der Waals surface area contributed by atoms with E-state index in [1.807, 2.05) is 49.0 Å². The van der Waals surface area contributed by atoms with Crippen LogP contribution >= 0.6 is 0 Å². The van der Waals surface area contributed by atoms with Gasteiger partial charge in [0.1, 0.15) is 40.2 Å². The van der Waals surface area contributed by atoms with E-state index in [1.165, 1.54) is 0 Å². The van der Waals surface area contributed by atoms with Gasteiger partial charge in [0.05, 0.1) is 35.6 Å². The molecule has 290 valence electrons. The summed E-state index contributed by atoms with van der Waals surface area (Å²) in [6.45, 7) is 9.36. The Kier molecular flexibility index (Phi) is 10.5. The molecule has 2 amide bonds. The van der Waals surface area contributed by atoms with Crippen LogP contribution in [0.1, 0.15) is 68.6 Å². The van der Waals surface area contributed by atoms with E-state index in [9.17, 15) is 14.4 Å². The molecule has 0 radical (unpaired) electrons. The summed E-state index contributed by atoms with van der Waals surface area (Å²) < 4.78 is 19.6. The quantitative estimate of drug-likeness (QED) is 0.0375. The molecule has 7 N–H and O–H groups in total. The number of aryl methyl sites for hydroxylation is 4. The molecule has 19 nitrogen and oxygen atoms in total. The fourth-order valence-electron chi connectivity index (χ4n) is 6.70. The summed E-state index contributed by atoms with van der Waals surface area (Å²) in [5, 5.41) is 18.5. The van der Waals surface area contributed by atoms with Crippen LogP contribution in [-0.4, -0.2) is 75.8 Å². The maximum absolute atomic E-state index is 13.7. The average molecular weight is 763 g/mol. The van der Waals surface area contributed by atoms with Crippen molar-refractivity contribution in [2.45, 2.75) is 60.3 Å². The zero-order valence-corrected chi connectivity index (χ0v) is 31.4. The number of nitrogens with one attached hydrogen (secondary N) is 3. The summed E-state index contributed by atoms with van der Waals surface area (Å²) in [7, 11) is 0. The molecule has 1 aliphatic rings. The molecular weight excluding hydrogens is 720 g/mol. The number of carbonyl (C=O) groups is 3. The van der Waals surface area contributed by atoms with Gasteiger partial charge >= 0.3 is 0 Å². The number of nitrogens with zero attached hydrogens (tertiary/aromatic N) is 9. The second-order valence-electron chi connectivity index (χ2n) is 13.0. The Hall–Kier alpha value is -7.02. The highest BCUT2D eigenvalue weighted by molar-refractivity contribution is 6.06. The van der Waals surface area contributed by atoms with Crippen molar-refractivity contribution in [3.05, 3.63) is 82.5 Å². The maximum atomic E-state index is 13.7. The number of carbonyl (C=O) groups excluding carboxylic acids is 3. The number of amidine groups is 1. The monoisotopic (exact) mass is 762 g/mol. The van der Waals surface area contributed by atoms with Crippen molar-refractivity contribution < 1.29 is 23.9 Å². The summed E-state index contributed by atoms with van der Waals surface area (Å²) >= 11 is 0. The first-order chi connectivity index (χ1) is 27.2. The molecular formula is C37H42N14O5. The number of ether oxygens (including phenoxy) is 2.